The summed E-state index contributed by atoms with van der Waals surface area (Å²) < 4.78 is 33.0. The molecule has 2 aromatic rings. The van der Waals surface area contributed by atoms with Gasteiger partial charge in [0, 0.05) is 5.56 Å². The molecule has 0 bridgehead atoms. The number of rotatable bonds is 8. The van der Waals surface area contributed by atoms with Crippen LogP contribution >= 0.6 is 15.9 Å². The van der Waals surface area contributed by atoms with Crippen LogP contribution in [0.3, 0.4) is 0 Å². The van der Waals surface area contributed by atoms with E-state index < -0.39 is 16.0 Å². The van der Waals surface area contributed by atoms with Crippen LogP contribution in [0.2, 0.25) is 0 Å². The topological polar surface area (TPSA) is 63.7 Å². The van der Waals surface area contributed by atoms with E-state index in [2.05, 4.69) is 22.5 Å². The summed E-state index contributed by atoms with van der Waals surface area (Å²) in [5.41, 5.74) is 1.96. The second kappa shape index (κ2) is 9.71. The molecule has 0 amide bonds. The first-order valence-corrected chi connectivity index (χ1v) is 10.9. The molecule has 28 heavy (non-hydrogen) atoms. The number of hydrogen-bond acceptors (Lipinski definition) is 4. The van der Waals surface area contributed by atoms with Gasteiger partial charge in [0.25, 0.3) is 10.0 Å². The van der Waals surface area contributed by atoms with E-state index in [0.717, 1.165) is 5.56 Å². The van der Waals surface area contributed by atoms with Crippen molar-refractivity contribution in [3.8, 4) is 0 Å². The summed E-state index contributed by atoms with van der Waals surface area (Å²) in [5.74, 6) is -0.519. The van der Waals surface area contributed by atoms with Crippen LogP contribution < -0.4 is 4.31 Å². The summed E-state index contributed by atoms with van der Waals surface area (Å²) in [6.45, 7) is 7.62. The highest BCUT2D eigenvalue weighted by molar-refractivity contribution is 9.12. The molecule has 0 aromatic heterocycles. The maximum atomic E-state index is 13.3. The third kappa shape index (κ3) is 5.11. The number of halogens is 1. The number of para-hydroxylation sites is 1. The van der Waals surface area contributed by atoms with Crippen LogP contribution in [0.1, 0.15) is 18.1 Å². The lowest BCUT2D eigenvalue weighted by Crippen LogP contribution is -2.31. The van der Waals surface area contributed by atoms with E-state index in [9.17, 15) is 13.2 Å². The number of carbonyl (C=O) groups is 1. The zero-order chi connectivity index (χ0) is 20.7. The van der Waals surface area contributed by atoms with Crippen molar-refractivity contribution in [1.82, 2.24) is 0 Å². The van der Waals surface area contributed by atoms with Crippen LogP contribution in [-0.4, -0.2) is 27.5 Å². The molecule has 0 aliphatic rings. The molecule has 2 rings (SSSR count). The molecule has 0 N–H and O–H groups in total. The fourth-order valence-corrected chi connectivity index (χ4v) is 4.34. The highest BCUT2D eigenvalue weighted by atomic mass is 79.9. The molecule has 0 saturated heterocycles. The highest BCUT2D eigenvalue weighted by Gasteiger charge is 2.25. The van der Waals surface area contributed by atoms with Gasteiger partial charge in [-0.25, -0.2) is 13.2 Å². The molecule has 7 heteroatoms. The molecule has 5 nitrogen and oxygen atoms in total. The fourth-order valence-electron chi connectivity index (χ4n) is 2.51. The molecule has 0 unspecified atom stereocenters. The number of ether oxygens (including phenoxy) is 1. The third-order valence-corrected chi connectivity index (χ3v) is 6.21. The molecule has 0 saturated carbocycles. The van der Waals surface area contributed by atoms with E-state index in [1.54, 1.807) is 61.5 Å². The standard InChI is InChI=1S/C21H22BrNO4S/c1-4-14-23(28(25,26)18-12-10-16(3)11-13-18)20-9-7-6-8-17(20)15-19(22)21(24)27-5-2/h4,6-13,15H,1,5,14H2,2-3H3. The monoisotopic (exact) mass is 463 g/mol. The smallest absolute Gasteiger partial charge is 0.345 e. The number of hydrogen-bond donors (Lipinski definition) is 0. The van der Waals surface area contributed by atoms with Crippen LogP contribution in [0.15, 0.2) is 70.6 Å². The van der Waals surface area contributed by atoms with Crippen molar-refractivity contribution in [3.63, 3.8) is 0 Å². The minimum atomic E-state index is -3.82. The Morgan fingerprint density at radius 2 is 1.82 bits per heavy atom. The first kappa shape index (κ1) is 21.9. The van der Waals surface area contributed by atoms with Gasteiger partial charge in [0.1, 0.15) is 4.48 Å². The van der Waals surface area contributed by atoms with Crippen LogP contribution in [0.25, 0.3) is 6.08 Å². The normalized spacial score (nSPS) is 11.8. The van der Waals surface area contributed by atoms with Gasteiger partial charge in [-0.15, -0.1) is 6.58 Å². The quantitative estimate of drug-likeness (QED) is 0.324. The second-order valence-electron chi connectivity index (χ2n) is 5.91. The molecule has 0 fully saturated rings. The first-order chi connectivity index (χ1) is 13.3. The van der Waals surface area contributed by atoms with Crippen LogP contribution in [0.4, 0.5) is 5.69 Å². The number of aryl methyl sites for hydroxylation is 1. The van der Waals surface area contributed by atoms with Crippen molar-refractivity contribution >= 4 is 43.7 Å². The van der Waals surface area contributed by atoms with Gasteiger partial charge >= 0.3 is 5.97 Å². The number of nitrogens with zero attached hydrogens (tertiary/aromatic N) is 1. The predicted octanol–water partition coefficient (Wildman–Crippen LogP) is 4.68. The molecule has 0 radical (unpaired) electrons. The Morgan fingerprint density at radius 1 is 1.18 bits per heavy atom. The first-order valence-electron chi connectivity index (χ1n) is 8.65. The summed E-state index contributed by atoms with van der Waals surface area (Å²) in [4.78, 5) is 12.1. The van der Waals surface area contributed by atoms with Gasteiger partial charge in [0.2, 0.25) is 0 Å². The van der Waals surface area contributed by atoms with Crippen molar-refractivity contribution in [1.29, 1.82) is 0 Å². The number of esters is 1. The zero-order valence-electron chi connectivity index (χ0n) is 15.8. The zero-order valence-corrected chi connectivity index (χ0v) is 18.2. The SMILES string of the molecule is C=CCN(c1ccccc1C=C(Br)C(=O)OCC)S(=O)(=O)c1ccc(C)cc1. The number of benzene rings is 2. The number of carbonyl (C=O) groups excluding carboxylic acids is 1. The molecule has 0 spiro atoms. The van der Waals surface area contributed by atoms with E-state index in [0.29, 0.717) is 11.3 Å². The summed E-state index contributed by atoms with van der Waals surface area (Å²) in [6.07, 6.45) is 3.07. The predicted molar refractivity (Wildman–Crippen MR) is 116 cm³/mol. The average Bonchev–Trinajstić information content (AvgIpc) is 2.67. The van der Waals surface area contributed by atoms with E-state index >= 15 is 0 Å². The average molecular weight is 464 g/mol. The van der Waals surface area contributed by atoms with Crippen LogP contribution in [-0.2, 0) is 19.6 Å². The molecule has 0 heterocycles. The Hall–Kier alpha value is -2.38. The van der Waals surface area contributed by atoms with Crippen molar-refractivity contribution < 1.29 is 17.9 Å². The summed E-state index contributed by atoms with van der Waals surface area (Å²) >= 11 is 3.21. The Morgan fingerprint density at radius 3 is 2.43 bits per heavy atom. The van der Waals surface area contributed by atoms with E-state index in [1.807, 2.05) is 6.92 Å². The van der Waals surface area contributed by atoms with Crippen LogP contribution in [0, 0.1) is 6.92 Å². The van der Waals surface area contributed by atoms with Gasteiger partial charge in [0.15, 0.2) is 0 Å². The Labute approximate surface area is 174 Å². The van der Waals surface area contributed by atoms with Gasteiger partial charge in [-0.1, -0.05) is 42.0 Å². The van der Waals surface area contributed by atoms with Crippen LogP contribution in [0.5, 0.6) is 0 Å². The van der Waals surface area contributed by atoms with Crippen molar-refractivity contribution in [2.75, 3.05) is 17.5 Å². The minimum Gasteiger partial charge on any atom is -0.462 e. The molecule has 0 atom stereocenters. The van der Waals surface area contributed by atoms with Crippen molar-refractivity contribution in [2.45, 2.75) is 18.7 Å². The van der Waals surface area contributed by atoms with E-state index in [4.69, 9.17) is 4.74 Å². The number of anilines is 1. The molecule has 2 aromatic carbocycles. The lowest BCUT2D eigenvalue weighted by Gasteiger charge is -2.25. The van der Waals surface area contributed by atoms with Gasteiger partial charge in [-0.05, 0) is 54.1 Å². The molecular formula is C21H22BrNO4S. The molecule has 148 valence electrons. The second-order valence-corrected chi connectivity index (χ2v) is 8.63. The summed E-state index contributed by atoms with van der Waals surface area (Å²) in [5, 5.41) is 0. The lowest BCUT2D eigenvalue weighted by molar-refractivity contribution is -0.137. The van der Waals surface area contributed by atoms with Gasteiger partial charge in [-0.3, -0.25) is 4.31 Å². The van der Waals surface area contributed by atoms with Gasteiger partial charge in [0.05, 0.1) is 23.7 Å². The van der Waals surface area contributed by atoms with E-state index in [1.165, 1.54) is 10.4 Å². The fraction of sp³-hybridized carbons (Fsp3) is 0.190. The Kier molecular flexibility index (Phi) is 7.60. The maximum absolute atomic E-state index is 13.3. The lowest BCUT2D eigenvalue weighted by atomic mass is 10.1. The maximum Gasteiger partial charge on any atom is 0.345 e. The van der Waals surface area contributed by atoms with E-state index in [-0.39, 0.29) is 22.5 Å². The van der Waals surface area contributed by atoms with Crippen molar-refractivity contribution in [3.05, 3.63) is 76.8 Å². The number of sulfonamides is 1. The highest BCUT2D eigenvalue weighted by Crippen LogP contribution is 2.29. The molecular weight excluding hydrogens is 442 g/mol. The van der Waals surface area contributed by atoms with Gasteiger partial charge in [-0.2, -0.15) is 0 Å². The van der Waals surface area contributed by atoms with Crippen molar-refractivity contribution in [2.24, 2.45) is 0 Å². The summed E-state index contributed by atoms with van der Waals surface area (Å²) in [6, 6.07) is 13.6. The largest absolute Gasteiger partial charge is 0.462 e. The Balaban J connectivity index is 2.56. The molecule has 0 aliphatic heterocycles. The minimum absolute atomic E-state index is 0.0814. The summed E-state index contributed by atoms with van der Waals surface area (Å²) in [7, 11) is -3.82. The third-order valence-electron chi connectivity index (χ3n) is 3.86. The Bertz CT molecular complexity index is 982. The van der Waals surface area contributed by atoms with Gasteiger partial charge < -0.3 is 4.74 Å². The molecule has 0 aliphatic carbocycles.